The Bertz CT molecular complexity index is 567. The molecule has 1 aliphatic rings. The van der Waals surface area contributed by atoms with E-state index in [0.29, 0.717) is 11.7 Å². The molecule has 1 unspecified atom stereocenters. The summed E-state index contributed by atoms with van der Waals surface area (Å²) in [5.74, 6) is 0. The van der Waals surface area contributed by atoms with Gasteiger partial charge in [0.2, 0.25) is 0 Å². The van der Waals surface area contributed by atoms with Crippen LogP contribution >= 0.6 is 0 Å². The number of aliphatic hydroxyl groups is 1. The second-order valence-electron chi connectivity index (χ2n) is 5.10. The van der Waals surface area contributed by atoms with Crippen molar-refractivity contribution in [2.75, 3.05) is 23.8 Å². The van der Waals surface area contributed by atoms with Crippen LogP contribution in [0.2, 0.25) is 0 Å². The molecule has 0 bridgehead atoms. The van der Waals surface area contributed by atoms with E-state index in [9.17, 15) is 5.11 Å². The Morgan fingerprint density at radius 1 is 1.37 bits per heavy atom. The monoisotopic (exact) mass is 261 g/mol. The molecule has 1 aromatic carbocycles. The second kappa shape index (κ2) is 5.09. The normalized spacial score (nSPS) is 20.7. The van der Waals surface area contributed by atoms with Crippen LogP contribution in [0.3, 0.4) is 0 Å². The van der Waals surface area contributed by atoms with Gasteiger partial charge in [-0.05, 0) is 31.0 Å². The highest BCUT2D eigenvalue weighted by Crippen LogP contribution is 2.28. The van der Waals surface area contributed by atoms with Gasteiger partial charge in [0.1, 0.15) is 5.52 Å². The SMILES string of the molecule is Nc1ccc2oc(N3CCCCCC3CO)nc2c1. The number of oxazole rings is 1. The standard InChI is InChI=1S/C14H19N3O2/c15-10-5-6-13-12(8-10)16-14(19-13)17-7-3-1-2-4-11(17)9-18/h5-6,8,11,18H,1-4,7,9,15H2. The van der Waals surface area contributed by atoms with Gasteiger partial charge in [0.25, 0.3) is 6.01 Å². The molecule has 1 atom stereocenters. The van der Waals surface area contributed by atoms with Crippen LogP contribution in [0.1, 0.15) is 25.7 Å². The zero-order valence-electron chi connectivity index (χ0n) is 10.9. The number of benzene rings is 1. The average Bonchev–Trinajstić information content (AvgIpc) is 2.67. The van der Waals surface area contributed by atoms with Crippen molar-refractivity contribution in [1.82, 2.24) is 4.98 Å². The van der Waals surface area contributed by atoms with E-state index in [1.807, 2.05) is 18.2 Å². The molecule has 2 aromatic rings. The van der Waals surface area contributed by atoms with Crippen molar-refractivity contribution in [3.63, 3.8) is 0 Å². The van der Waals surface area contributed by atoms with Crippen molar-refractivity contribution in [1.29, 1.82) is 0 Å². The molecule has 3 N–H and O–H groups in total. The van der Waals surface area contributed by atoms with E-state index in [1.165, 1.54) is 6.42 Å². The number of nitrogens with zero attached hydrogens (tertiary/aromatic N) is 2. The highest BCUT2D eigenvalue weighted by atomic mass is 16.4. The van der Waals surface area contributed by atoms with Gasteiger partial charge < -0.3 is 20.2 Å². The van der Waals surface area contributed by atoms with Gasteiger partial charge in [-0.3, -0.25) is 0 Å². The van der Waals surface area contributed by atoms with Gasteiger partial charge in [0, 0.05) is 12.2 Å². The molecule has 1 saturated heterocycles. The van der Waals surface area contributed by atoms with Crippen LogP contribution in [0.4, 0.5) is 11.7 Å². The first-order valence-corrected chi connectivity index (χ1v) is 6.81. The van der Waals surface area contributed by atoms with E-state index >= 15 is 0 Å². The Hall–Kier alpha value is -1.75. The number of rotatable bonds is 2. The fourth-order valence-corrected chi connectivity index (χ4v) is 2.67. The fourth-order valence-electron chi connectivity index (χ4n) is 2.67. The molecule has 1 aliphatic heterocycles. The number of nitrogen functional groups attached to an aromatic ring is 1. The number of fused-ring (bicyclic) bond motifs is 1. The first-order chi connectivity index (χ1) is 9.28. The summed E-state index contributed by atoms with van der Waals surface area (Å²) >= 11 is 0. The van der Waals surface area contributed by atoms with Crippen LogP contribution in [0.25, 0.3) is 11.1 Å². The maximum Gasteiger partial charge on any atom is 0.298 e. The summed E-state index contributed by atoms with van der Waals surface area (Å²) in [6.45, 7) is 1.02. The lowest BCUT2D eigenvalue weighted by Crippen LogP contribution is -2.37. The quantitative estimate of drug-likeness (QED) is 0.810. The molecule has 102 valence electrons. The number of hydrogen-bond acceptors (Lipinski definition) is 5. The zero-order chi connectivity index (χ0) is 13.2. The Kier molecular flexibility index (Phi) is 3.29. The molecule has 0 radical (unpaired) electrons. The van der Waals surface area contributed by atoms with Crippen molar-refractivity contribution in [2.45, 2.75) is 31.7 Å². The van der Waals surface area contributed by atoms with Crippen LogP contribution in [0.15, 0.2) is 22.6 Å². The molecule has 1 aromatic heterocycles. The van der Waals surface area contributed by atoms with Gasteiger partial charge in [-0.2, -0.15) is 4.98 Å². The van der Waals surface area contributed by atoms with Crippen LogP contribution in [0.5, 0.6) is 0 Å². The van der Waals surface area contributed by atoms with Gasteiger partial charge in [-0.25, -0.2) is 0 Å². The minimum atomic E-state index is 0.105. The summed E-state index contributed by atoms with van der Waals surface area (Å²) in [5, 5.41) is 9.54. The summed E-state index contributed by atoms with van der Waals surface area (Å²) in [5.41, 5.74) is 7.95. The lowest BCUT2D eigenvalue weighted by atomic mass is 10.1. The lowest BCUT2D eigenvalue weighted by Gasteiger charge is -2.26. The van der Waals surface area contributed by atoms with Crippen LogP contribution in [0, 0.1) is 0 Å². The van der Waals surface area contributed by atoms with Gasteiger partial charge in [0.15, 0.2) is 5.58 Å². The summed E-state index contributed by atoms with van der Waals surface area (Å²) in [6, 6.07) is 6.17. The van der Waals surface area contributed by atoms with Crippen LogP contribution in [-0.2, 0) is 0 Å². The van der Waals surface area contributed by atoms with E-state index < -0.39 is 0 Å². The van der Waals surface area contributed by atoms with Gasteiger partial charge in [0.05, 0.1) is 12.6 Å². The van der Waals surface area contributed by atoms with Crippen molar-refractivity contribution in [2.24, 2.45) is 0 Å². The van der Waals surface area contributed by atoms with E-state index in [-0.39, 0.29) is 12.6 Å². The molecule has 3 rings (SSSR count). The summed E-state index contributed by atoms with van der Waals surface area (Å²) < 4.78 is 5.80. The Balaban J connectivity index is 1.96. The minimum absolute atomic E-state index is 0.105. The fraction of sp³-hybridized carbons (Fsp3) is 0.500. The average molecular weight is 261 g/mol. The molecule has 5 heteroatoms. The number of anilines is 2. The van der Waals surface area contributed by atoms with E-state index in [0.717, 1.165) is 36.9 Å². The maximum absolute atomic E-state index is 9.54. The van der Waals surface area contributed by atoms with Gasteiger partial charge in [-0.15, -0.1) is 0 Å². The molecule has 0 amide bonds. The van der Waals surface area contributed by atoms with Gasteiger partial charge in [-0.1, -0.05) is 12.8 Å². The Morgan fingerprint density at radius 2 is 2.26 bits per heavy atom. The first-order valence-electron chi connectivity index (χ1n) is 6.81. The van der Waals surface area contributed by atoms with Crippen LogP contribution in [-0.4, -0.2) is 29.3 Å². The maximum atomic E-state index is 9.54. The summed E-state index contributed by atoms with van der Waals surface area (Å²) in [6.07, 6.45) is 4.43. The summed E-state index contributed by atoms with van der Waals surface area (Å²) in [4.78, 5) is 6.59. The van der Waals surface area contributed by atoms with Crippen molar-refractivity contribution in [3.05, 3.63) is 18.2 Å². The van der Waals surface area contributed by atoms with E-state index in [1.54, 1.807) is 0 Å². The number of aromatic nitrogens is 1. The Labute approximate surface area is 112 Å². The molecule has 19 heavy (non-hydrogen) atoms. The topological polar surface area (TPSA) is 75.5 Å². The predicted molar refractivity (Wildman–Crippen MR) is 75.1 cm³/mol. The third-order valence-corrected chi connectivity index (χ3v) is 3.73. The second-order valence-corrected chi connectivity index (χ2v) is 5.10. The molecule has 1 fully saturated rings. The molecule has 5 nitrogen and oxygen atoms in total. The Morgan fingerprint density at radius 3 is 3.11 bits per heavy atom. The van der Waals surface area contributed by atoms with Gasteiger partial charge >= 0.3 is 0 Å². The molecular formula is C14H19N3O2. The highest BCUT2D eigenvalue weighted by Gasteiger charge is 2.24. The predicted octanol–water partition coefficient (Wildman–Crippen LogP) is 2.15. The largest absolute Gasteiger partial charge is 0.423 e. The minimum Gasteiger partial charge on any atom is -0.423 e. The third kappa shape index (κ3) is 2.38. The molecule has 0 spiro atoms. The van der Waals surface area contributed by atoms with E-state index in [2.05, 4.69) is 9.88 Å². The number of hydrogen-bond donors (Lipinski definition) is 2. The zero-order valence-corrected chi connectivity index (χ0v) is 10.9. The molecule has 0 aliphatic carbocycles. The smallest absolute Gasteiger partial charge is 0.298 e. The number of aliphatic hydroxyl groups excluding tert-OH is 1. The van der Waals surface area contributed by atoms with E-state index in [4.69, 9.17) is 10.2 Å². The highest BCUT2D eigenvalue weighted by molar-refractivity contribution is 5.78. The molecule has 2 heterocycles. The summed E-state index contributed by atoms with van der Waals surface area (Å²) in [7, 11) is 0. The first kappa shape index (κ1) is 12.3. The van der Waals surface area contributed by atoms with Crippen molar-refractivity contribution in [3.8, 4) is 0 Å². The van der Waals surface area contributed by atoms with Crippen molar-refractivity contribution >= 4 is 22.8 Å². The lowest BCUT2D eigenvalue weighted by molar-refractivity contribution is 0.251. The molecule has 0 saturated carbocycles. The van der Waals surface area contributed by atoms with Crippen LogP contribution < -0.4 is 10.6 Å². The number of nitrogens with two attached hydrogens (primary N) is 1. The third-order valence-electron chi connectivity index (χ3n) is 3.73. The molecular weight excluding hydrogens is 242 g/mol. The van der Waals surface area contributed by atoms with Crippen molar-refractivity contribution < 1.29 is 9.52 Å².